The van der Waals surface area contributed by atoms with Crippen LogP contribution in [0.1, 0.15) is 0 Å². The van der Waals surface area contributed by atoms with Gasteiger partial charge in [0.2, 0.25) is 0 Å². The summed E-state index contributed by atoms with van der Waals surface area (Å²) in [6, 6.07) is 16.9. The molecule has 0 bridgehead atoms. The molecule has 1 heterocycles. The first-order valence-corrected chi connectivity index (χ1v) is 10.4. The van der Waals surface area contributed by atoms with Crippen molar-refractivity contribution in [1.29, 1.82) is 0 Å². The molecule has 7 heteroatoms. The Hall–Kier alpha value is -3.37. The van der Waals surface area contributed by atoms with Crippen LogP contribution in [-0.4, -0.2) is 25.2 Å². The number of hydrogen-bond acceptors (Lipinski definition) is 6. The van der Waals surface area contributed by atoms with E-state index >= 15 is 0 Å². The summed E-state index contributed by atoms with van der Waals surface area (Å²) in [6.07, 6.45) is 2.62. The smallest absolute Gasteiger partial charge is 0.335 e. The Morgan fingerprint density at radius 1 is 1.00 bits per heavy atom. The van der Waals surface area contributed by atoms with Crippen molar-refractivity contribution >= 4 is 29.2 Å². The first kappa shape index (κ1) is 20.4. The van der Waals surface area contributed by atoms with E-state index in [0.717, 1.165) is 6.08 Å². The van der Waals surface area contributed by atoms with Crippen molar-refractivity contribution in [3.63, 3.8) is 0 Å². The molecule has 2 aromatic carbocycles. The van der Waals surface area contributed by atoms with Crippen LogP contribution in [0.2, 0.25) is 0 Å². The van der Waals surface area contributed by atoms with Gasteiger partial charge in [-0.2, -0.15) is 0 Å². The molecule has 0 aliphatic carbocycles. The van der Waals surface area contributed by atoms with Crippen LogP contribution < -0.4 is 30.3 Å². The maximum Gasteiger partial charge on any atom is 0.335 e. The zero-order valence-electron chi connectivity index (χ0n) is 16.1. The second-order valence-electron chi connectivity index (χ2n) is 5.95. The van der Waals surface area contributed by atoms with Gasteiger partial charge in [-0.05, 0) is 48.5 Å². The number of nitrogens with zero attached hydrogens (tertiary/aromatic N) is 1. The summed E-state index contributed by atoms with van der Waals surface area (Å²) in [4.78, 5) is 16.3. The molecular weight excluding hydrogens is 389 g/mol. The summed E-state index contributed by atoms with van der Waals surface area (Å²) >= 11 is 0. The molecule has 3 aromatic rings. The molecular formula is C22H20NO5P. The molecule has 1 aromatic heterocycles. The van der Waals surface area contributed by atoms with Gasteiger partial charge < -0.3 is 18.8 Å². The van der Waals surface area contributed by atoms with Gasteiger partial charge in [-0.25, -0.2) is 4.79 Å². The second-order valence-corrected chi connectivity index (χ2v) is 8.63. The van der Waals surface area contributed by atoms with Gasteiger partial charge in [-0.1, -0.05) is 12.6 Å². The molecule has 0 N–H and O–H groups in total. The molecule has 0 radical (unpaired) electrons. The number of carbonyl (C=O) groups is 1. The number of aromatic nitrogens is 1. The van der Waals surface area contributed by atoms with E-state index in [0.29, 0.717) is 27.5 Å². The first-order valence-electron chi connectivity index (χ1n) is 8.72. The van der Waals surface area contributed by atoms with Crippen molar-refractivity contribution in [2.24, 2.45) is 0 Å². The van der Waals surface area contributed by atoms with Gasteiger partial charge in [0.25, 0.3) is 0 Å². The SMILES string of the molecule is C=CC(=O)Oc1cc(OC)ccc1P(=O)(c1ccc(OC)cc1)c1ccccn1. The Labute approximate surface area is 169 Å². The Kier molecular flexibility index (Phi) is 6.15. The average Bonchev–Trinajstić information content (AvgIpc) is 2.79. The largest absolute Gasteiger partial charge is 0.497 e. The molecule has 0 fully saturated rings. The first-order chi connectivity index (χ1) is 14.0. The minimum absolute atomic E-state index is 0.124. The molecule has 0 aliphatic heterocycles. The van der Waals surface area contributed by atoms with E-state index in [4.69, 9.17) is 14.2 Å². The van der Waals surface area contributed by atoms with Gasteiger partial charge in [-0.15, -0.1) is 0 Å². The minimum Gasteiger partial charge on any atom is -0.497 e. The lowest BCUT2D eigenvalue weighted by molar-refractivity contribution is -0.128. The van der Waals surface area contributed by atoms with Crippen molar-refractivity contribution in [2.75, 3.05) is 14.2 Å². The molecule has 29 heavy (non-hydrogen) atoms. The molecule has 3 rings (SSSR count). The van der Waals surface area contributed by atoms with Crippen molar-refractivity contribution in [3.8, 4) is 17.2 Å². The second kappa shape index (κ2) is 8.76. The molecule has 0 saturated heterocycles. The van der Waals surface area contributed by atoms with Crippen LogP contribution in [0.4, 0.5) is 0 Å². The number of benzene rings is 2. The normalized spacial score (nSPS) is 12.5. The van der Waals surface area contributed by atoms with Crippen molar-refractivity contribution in [3.05, 3.63) is 79.5 Å². The van der Waals surface area contributed by atoms with E-state index in [-0.39, 0.29) is 5.75 Å². The molecule has 148 valence electrons. The summed E-state index contributed by atoms with van der Waals surface area (Å²) in [5.41, 5.74) is 0.367. The average molecular weight is 409 g/mol. The summed E-state index contributed by atoms with van der Waals surface area (Å²) < 4.78 is 30.4. The maximum atomic E-state index is 14.5. The number of methoxy groups -OCH3 is 2. The molecule has 1 atom stereocenters. The quantitative estimate of drug-likeness (QED) is 0.259. The van der Waals surface area contributed by atoms with E-state index in [2.05, 4.69) is 11.6 Å². The van der Waals surface area contributed by atoms with Gasteiger partial charge in [0.1, 0.15) is 22.7 Å². The van der Waals surface area contributed by atoms with Crippen molar-refractivity contribution < 1.29 is 23.6 Å². The fourth-order valence-electron chi connectivity index (χ4n) is 2.84. The lowest BCUT2D eigenvalue weighted by atomic mass is 10.3. The molecule has 0 aliphatic rings. The van der Waals surface area contributed by atoms with Crippen LogP contribution in [0.25, 0.3) is 0 Å². The van der Waals surface area contributed by atoms with E-state index in [9.17, 15) is 9.36 Å². The van der Waals surface area contributed by atoms with Gasteiger partial charge in [0.05, 0.1) is 19.5 Å². The van der Waals surface area contributed by atoms with Crippen LogP contribution in [0.5, 0.6) is 17.2 Å². The summed E-state index contributed by atoms with van der Waals surface area (Å²) in [5.74, 6) is 0.554. The summed E-state index contributed by atoms with van der Waals surface area (Å²) in [6.45, 7) is 3.43. The Morgan fingerprint density at radius 2 is 1.69 bits per heavy atom. The molecule has 6 nitrogen and oxygen atoms in total. The zero-order valence-corrected chi connectivity index (χ0v) is 17.0. The standard InChI is InChI=1S/C22H20NO5P/c1-4-22(24)28-19-15-17(27-3)10-13-20(19)29(25,21-7-5-6-14-23-21)18-11-8-16(26-2)9-12-18/h4-15H,1H2,2-3H3. The highest BCUT2D eigenvalue weighted by Gasteiger charge is 2.35. The van der Waals surface area contributed by atoms with Crippen LogP contribution in [0.3, 0.4) is 0 Å². The molecule has 0 spiro atoms. The van der Waals surface area contributed by atoms with Crippen LogP contribution in [0.15, 0.2) is 79.5 Å². The predicted octanol–water partition coefficient (Wildman–Crippen LogP) is 2.83. The fraction of sp³-hybridized carbons (Fsp3) is 0.0909. The highest BCUT2D eigenvalue weighted by Crippen LogP contribution is 2.45. The lowest BCUT2D eigenvalue weighted by Gasteiger charge is -2.21. The van der Waals surface area contributed by atoms with Crippen LogP contribution >= 0.6 is 7.14 Å². The predicted molar refractivity (Wildman–Crippen MR) is 113 cm³/mol. The van der Waals surface area contributed by atoms with Crippen molar-refractivity contribution in [2.45, 2.75) is 0 Å². The van der Waals surface area contributed by atoms with Crippen LogP contribution in [-0.2, 0) is 9.36 Å². The number of pyridine rings is 1. The maximum absolute atomic E-state index is 14.5. The third-order valence-electron chi connectivity index (χ3n) is 4.29. The molecule has 0 saturated carbocycles. The van der Waals surface area contributed by atoms with E-state index < -0.39 is 13.1 Å². The third kappa shape index (κ3) is 4.08. The number of rotatable bonds is 7. The topological polar surface area (TPSA) is 74.7 Å². The third-order valence-corrected chi connectivity index (χ3v) is 7.27. The van der Waals surface area contributed by atoms with E-state index in [1.165, 1.54) is 13.2 Å². The molecule has 0 amide bonds. The summed E-state index contributed by atoms with van der Waals surface area (Å²) in [5, 5.41) is 0.857. The monoisotopic (exact) mass is 409 g/mol. The number of ether oxygens (including phenoxy) is 3. The zero-order chi connectivity index (χ0) is 20.9. The van der Waals surface area contributed by atoms with E-state index in [1.807, 2.05) is 0 Å². The van der Waals surface area contributed by atoms with Gasteiger partial charge in [-0.3, -0.25) is 4.98 Å². The van der Waals surface area contributed by atoms with E-state index in [1.54, 1.807) is 67.9 Å². The highest BCUT2D eigenvalue weighted by atomic mass is 31.2. The van der Waals surface area contributed by atoms with Crippen molar-refractivity contribution in [1.82, 2.24) is 4.98 Å². The van der Waals surface area contributed by atoms with Crippen LogP contribution in [0, 0.1) is 0 Å². The Morgan fingerprint density at radius 3 is 2.28 bits per heavy atom. The number of carbonyl (C=O) groups excluding carboxylic acids is 1. The van der Waals surface area contributed by atoms with Gasteiger partial charge in [0.15, 0.2) is 7.14 Å². The summed E-state index contributed by atoms with van der Waals surface area (Å²) in [7, 11) is -0.420. The Bertz CT molecular complexity index is 1060. The highest BCUT2D eigenvalue weighted by molar-refractivity contribution is 7.85. The Balaban J connectivity index is 2.28. The number of esters is 1. The van der Waals surface area contributed by atoms with Gasteiger partial charge in [0, 0.05) is 23.6 Å². The fourth-order valence-corrected chi connectivity index (χ4v) is 5.43. The van der Waals surface area contributed by atoms with Gasteiger partial charge >= 0.3 is 5.97 Å². The lowest BCUT2D eigenvalue weighted by Crippen LogP contribution is -2.28. The number of hydrogen-bond donors (Lipinski definition) is 0. The minimum atomic E-state index is -3.48. The molecule has 1 unspecified atom stereocenters.